The molecule has 19 heavy (non-hydrogen) atoms. The highest BCUT2D eigenvalue weighted by molar-refractivity contribution is 5.57. The molecule has 1 saturated heterocycles. The number of rotatable bonds is 2. The van der Waals surface area contributed by atoms with Crippen LogP contribution in [-0.4, -0.2) is 38.9 Å². The molecule has 1 unspecified atom stereocenters. The summed E-state index contributed by atoms with van der Waals surface area (Å²) < 4.78 is 11.1. The lowest BCUT2D eigenvalue weighted by molar-refractivity contribution is 0.171. The van der Waals surface area contributed by atoms with E-state index in [1.54, 1.807) is 0 Å². The second-order valence-corrected chi connectivity index (χ2v) is 4.79. The molecule has 0 amide bonds. The summed E-state index contributed by atoms with van der Waals surface area (Å²) >= 11 is 0. The second kappa shape index (κ2) is 5.37. The minimum absolute atomic E-state index is 0.243. The first-order valence-corrected chi connectivity index (χ1v) is 6.62. The van der Waals surface area contributed by atoms with Crippen molar-refractivity contribution < 1.29 is 9.47 Å². The molecule has 3 rings (SSSR count). The van der Waals surface area contributed by atoms with E-state index in [0.717, 1.165) is 36.8 Å². The van der Waals surface area contributed by atoms with Crippen molar-refractivity contribution in [3.63, 3.8) is 0 Å². The molecule has 1 N–H and O–H groups in total. The molecule has 2 aliphatic heterocycles. The lowest BCUT2D eigenvalue weighted by Crippen LogP contribution is -2.50. The van der Waals surface area contributed by atoms with Crippen LogP contribution in [0.2, 0.25) is 0 Å². The topological polar surface area (TPSA) is 57.5 Å². The number of hydrogen-bond donors (Lipinski definition) is 1. The van der Waals surface area contributed by atoms with Gasteiger partial charge in [-0.1, -0.05) is 0 Å². The Morgan fingerprint density at radius 1 is 1.32 bits per heavy atom. The summed E-state index contributed by atoms with van der Waals surface area (Å²) in [5.74, 6) is 1.64. The van der Waals surface area contributed by atoms with E-state index in [2.05, 4.69) is 22.4 Å². The lowest BCUT2D eigenvalue weighted by Gasteiger charge is -2.35. The van der Waals surface area contributed by atoms with Gasteiger partial charge in [0.2, 0.25) is 0 Å². The Hall–Kier alpha value is -1.93. The number of ether oxygens (including phenoxy) is 2. The largest absolute Gasteiger partial charge is 0.486 e. The first-order chi connectivity index (χ1) is 9.36. The maximum Gasteiger partial charge on any atom is 0.163 e. The van der Waals surface area contributed by atoms with Crippen LogP contribution in [0.3, 0.4) is 0 Å². The van der Waals surface area contributed by atoms with Gasteiger partial charge >= 0.3 is 0 Å². The molecule has 0 spiro atoms. The molecule has 1 aromatic rings. The summed E-state index contributed by atoms with van der Waals surface area (Å²) in [5.41, 5.74) is 1.13. The van der Waals surface area contributed by atoms with E-state index in [1.165, 1.54) is 0 Å². The predicted molar refractivity (Wildman–Crippen MR) is 71.7 cm³/mol. The van der Waals surface area contributed by atoms with Crippen molar-refractivity contribution in [1.82, 2.24) is 5.32 Å². The Morgan fingerprint density at radius 3 is 3.00 bits per heavy atom. The van der Waals surface area contributed by atoms with Gasteiger partial charge < -0.3 is 19.7 Å². The molecular formula is C14H17N3O2. The molecule has 0 aromatic heterocycles. The molecule has 5 nitrogen and oxygen atoms in total. The highest BCUT2D eigenvalue weighted by atomic mass is 16.6. The molecule has 0 aliphatic carbocycles. The third-order valence-electron chi connectivity index (χ3n) is 3.48. The van der Waals surface area contributed by atoms with Crippen LogP contribution in [-0.2, 0) is 0 Å². The van der Waals surface area contributed by atoms with Gasteiger partial charge in [0.15, 0.2) is 11.5 Å². The Bertz CT molecular complexity index is 498. The van der Waals surface area contributed by atoms with Crippen molar-refractivity contribution in [2.75, 3.05) is 37.7 Å². The summed E-state index contributed by atoms with van der Waals surface area (Å²) in [6.45, 7) is 3.93. The van der Waals surface area contributed by atoms with E-state index >= 15 is 0 Å². The molecule has 5 heteroatoms. The van der Waals surface area contributed by atoms with Crippen molar-refractivity contribution in [2.24, 2.45) is 0 Å². The molecule has 2 aliphatic rings. The highest BCUT2D eigenvalue weighted by Gasteiger charge is 2.21. The summed E-state index contributed by atoms with van der Waals surface area (Å²) in [6.07, 6.45) is 0.543. The Labute approximate surface area is 112 Å². The fourth-order valence-corrected chi connectivity index (χ4v) is 2.54. The Morgan fingerprint density at radius 2 is 2.16 bits per heavy atom. The first kappa shape index (κ1) is 12.1. The summed E-state index contributed by atoms with van der Waals surface area (Å²) in [6, 6.07) is 8.52. The number of piperazine rings is 1. The van der Waals surface area contributed by atoms with E-state index in [-0.39, 0.29) is 6.04 Å². The summed E-state index contributed by atoms with van der Waals surface area (Å²) in [7, 11) is 0. The molecule has 1 fully saturated rings. The van der Waals surface area contributed by atoms with Gasteiger partial charge in [0.05, 0.1) is 12.5 Å². The number of fused-ring (bicyclic) bond motifs is 1. The van der Waals surface area contributed by atoms with Crippen molar-refractivity contribution in [3.05, 3.63) is 18.2 Å². The summed E-state index contributed by atoms with van der Waals surface area (Å²) in [4.78, 5) is 2.29. The van der Waals surface area contributed by atoms with Crippen LogP contribution < -0.4 is 19.7 Å². The van der Waals surface area contributed by atoms with Crippen molar-refractivity contribution in [2.45, 2.75) is 12.5 Å². The SMILES string of the molecule is N#CCC1CN(c2ccc3c(c2)OCCO3)CCN1. The Kier molecular flexibility index (Phi) is 3.43. The minimum atomic E-state index is 0.243. The average Bonchev–Trinajstić information content (AvgIpc) is 2.47. The van der Waals surface area contributed by atoms with Gasteiger partial charge in [-0.3, -0.25) is 0 Å². The molecule has 0 bridgehead atoms. The van der Waals surface area contributed by atoms with Gasteiger partial charge in [0, 0.05) is 37.4 Å². The predicted octanol–water partition coefficient (Wildman–Crippen LogP) is 1.15. The van der Waals surface area contributed by atoms with E-state index in [1.807, 2.05) is 12.1 Å². The zero-order valence-electron chi connectivity index (χ0n) is 10.8. The van der Waals surface area contributed by atoms with Gasteiger partial charge in [-0.25, -0.2) is 0 Å². The van der Waals surface area contributed by atoms with Gasteiger partial charge in [-0.2, -0.15) is 5.26 Å². The molecule has 100 valence electrons. The fraction of sp³-hybridized carbons (Fsp3) is 0.500. The molecule has 0 saturated carbocycles. The Balaban J connectivity index is 1.76. The maximum absolute atomic E-state index is 8.79. The smallest absolute Gasteiger partial charge is 0.163 e. The van der Waals surface area contributed by atoms with Crippen LogP contribution in [0.15, 0.2) is 18.2 Å². The number of nitrogens with zero attached hydrogens (tertiary/aromatic N) is 2. The van der Waals surface area contributed by atoms with Crippen LogP contribution >= 0.6 is 0 Å². The monoisotopic (exact) mass is 259 g/mol. The molecule has 1 atom stereocenters. The number of anilines is 1. The lowest BCUT2D eigenvalue weighted by atomic mass is 10.1. The van der Waals surface area contributed by atoms with E-state index < -0.39 is 0 Å². The summed E-state index contributed by atoms with van der Waals surface area (Å²) in [5, 5.41) is 12.2. The molecule has 1 aromatic carbocycles. The normalized spacial score (nSPS) is 21.8. The van der Waals surface area contributed by atoms with Gasteiger partial charge in [-0.15, -0.1) is 0 Å². The fourth-order valence-electron chi connectivity index (χ4n) is 2.54. The quantitative estimate of drug-likeness (QED) is 0.863. The zero-order valence-corrected chi connectivity index (χ0v) is 10.8. The van der Waals surface area contributed by atoms with Gasteiger partial charge in [0.1, 0.15) is 13.2 Å². The molecule has 2 heterocycles. The van der Waals surface area contributed by atoms with Gasteiger partial charge in [0.25, 0.3) is 0 Å². The van der Waals surface area contributed by atoms with Gasteiger partial charge in [-0.05, 0) is 12.1 Å². The van der Waals surface area contributed by atoms with Crippen LogP contribution in [0.25, 0.3) is 0 Å². The standard InChI is InChI=1S/C14H17N3O2/c15-4-3-11-10-17(6-5-16-11)12-1-2-13-14(9-12)19-8-7-18-13/h1-2,9,11,16H,3,5-8,10H2. The van der Waals surface area contributed by atoms with E-state index in [4.69, 9.17) is 14.7 Å². The average molecular weight is 259 g/mol. The maximum atomic E-state index is 8.79. The van der Waals surface area contributed by atoms with Crippen LogP contribution in [0.1, 0.15) is 6.42 Å². The number of nitriles is 1. The first-order valence-electron chi connectivity index (χ1n) is 6.62. The van der Waals surface area contributed by atoms with Crippen LogP contribution in [0.5, 0.6) is 11.5 Å². The third-order valence-corrected chi connectivity index (χ3v) is 3.48. The second-order valence-electron chi connectivity index (χ2n) is 4.79. The van der Waals surface area contributed by atoms with Crippen molar-refractivity contribution in [3.8, 4) is 17.6 Å². The third kappa shape index (κ3) is 2.59. The zero-order chi connectivity index (χ0) is 13.1. The van der Waals surface area contributed by atoms with E-state index in [0.29, 0.717) is 19.6 Å². The minimum Gasteiger partial charge on any atom is -0.486 e. The molecule has 0 radical (unpaired) electrons. The van der Waals surface area contributed by atoms with Crippen molar-refractivity contribution in [1.29, 1.82) is 5.26 Å². The van der Waals surface area contributed by atoms with Crippen LogP contribution in [0.4, 0.5) is 5.69 Å². The highest BCUT2D eigenvalue weighted by Crippen LogP contribution is 2.34. The van der Waals surface area contributed by atoms with E-state index in [9.17, 15) is 0 Å². The molecular weight excluding hydrogens is 242 g/mol. The number of nitrogens with one attached hydrogen (secondary N) is 1. The van der Waals surface area contributed by atoms with Crippen LogP contribution in [0, 0.1) is 11.3 Å². The van der Waals surface area contributed by atoms with Crippen molar-refractivity contribution >= 4 is 5.69 Å². The number of benzene rings is 1. The number of hydrogen-bond acceptors (Lipinski definition) is 5.